The van der Waals surface area contributed by atoms with Crippen molar-refractivity contribution in [3.05, 3.63) is 66.8 Å². The highest BCUT2D eigenvalue weighted by Crippen LogP contribution is 2.36. The van der Waals surface area contributed by atoms with E-state index in [1.54, 1.807) is 22.2 Å². The number of likely N-dealkylation sites (tertiary alicyclic amines) is 2. The Hall–Kier alpha value is -5.15. The van der Waals surface area contributed by atoms with Crippen LogP contribution in [0.1, 0.15) is 91.0 Å². The molecule has 2 fully saturated rings. The zero-order chi connectivity index (χ0) is 41.4. The smallest absolute Gasteiger partial charge is 0.410 e. The van der Waals surface area contributed by atoms with Gasteiger partial charge in [-0.2, -0.15) is 0 Å². The van der Waals surface area contributed by atoms with E-state index >= 15 is 0 Å². The summed E-state index contributed by atoms with van der Waals surface area (Å²) in [5, 5.41) is 0. The highest BCUT2D eigenvalue weighted by atomic mass is 28.3. The van der Waals surface area contributed by atoms with Gasteiger partial charge >= 0.3 is 12.2 Å². The van der Waals surface area contributed by atoms with Gasteiger partial charge in [0.05, 0.1) is 47.8 Å². The van der Waals surface area contributed by atoms with Crippen molar-refractivity contribution in [3.63, 3.8) is 0 Å². The first-order valence-corrected chi connectivity index (χ1v) is 24.0. The second-order valence-electron chi connectivity index (χ2n) is 18.5. The minimum Gasteiger partial charge on any atom is -0.444 e. The number of ether oxygens (including phenoxy) is 3. The minimum absolute atomic E-state index is 0.152. The second kappa shape index (κ2) is 16.2. The number of fused-ring (bicyclic) bond motifs is 1. The molecular formula is C43H57N9O5Si. The SMILES string of the molecule is CC(C)(C)OC(=O)N1CCC[C@H]1c1ncc(-c2ccc(-c3cnc4cc(-c5cnc([C@@H]6CCCN6C(=O)OC(C)(C)C)n5COCC[Si](C)(C)C)cnc4n3)cc2)[nH]1. The molecule has 7 rings (SSSR count). The third-order valence-electron chi connectivity index (χ3n) is 10.3. The van der Waals surface area contributed by atoms with E-state index in [4.69, 9.17) is 34.1 Å². The highest BCUT2D eigenvalue weighted by molar-refractivity contribution is 6.76. The number of aromatic nitrogens is 7. The summed E-state index contributed by atoms with van der Waals surface area (Å²) in [5.41, 5.74) is 5.13. The highest BCUT2D eigenvalue weighted by Gasteiger charge is 2.37. The number of carbonyl (C=O) groups excluding carboxylic acids is 2. The lowest BCUT2D eigenvalue weighted by atomic mass is 10.1. The van der Waals surface area contributed by atoms with E-state index in [2.05, 4.69) is 34.2 Å². The number of amides is 2. The molecule has 1 N–H and O–H groups in total. The van der Waals surface area contributed by atoms with E-state index in [9.17, 15) is 9.59 Å². The Bertz CT molecular complexity index is 2250. The number of carbonyl (C=O) groups is 2. The van der Waals surface area contributed by atoms with Crippen LogP contribution >= 0.6 is 0 Å². The Morgan fingerprint density at radius 1 is 0.776 bits per heavy atom. The summed E-state index contributed by atoms with van der Waals surface area (Å²) in [6, 6.07) is 10.7. The molecule has 6 heterocycles. The molecule has 15 heteroatoms. The van der Waals surface area contributed by atoms with Crippen molar-refractivity contribution in [2.75, 3.05) is 19.7 Å². The predicted molar refractivity (Wildman–Crippen MR) is 226 cm³/mol. The minimum atomic E-state index is -1.30. The third kappa shape index (κ3) is 9.58. The van der Waals surface area contributed by atoms with Crippen LogP contribution in [0.3, 0.4) is 0 Å². The summed E-state index contributed by atoms with van der Waals surface area (Å²) in [7, 11) is -1.30. The molecular weight excluding hydrogens is 751 g/mol. The summed E-state index contributed by atoms with van der Waals surface area (Å²) >= 11 is 0. The number of benzene rings is 1. The van der Waals surface area contributed by atoms with Crippen molar-refractivity contribution >= 4 is 31.4 Å². The molecule has 2 saturated heterocycles. The summed E-state index contributed by atoms with van der Waals surface area (Å²) in [5.74, 6) is 1.52. The molecule has 0 unspecified atom stereocenters. The molecule has 4 aromatic heterocycles. The molecule has 5 aromatic rings. The molecule has 2 amide bonds. The van der Waals surface area contributed by atoms with Gasteiger partial charge in [-0.25, -0.2) is 29.5 Å². The first kappa shape index (κ1) is 41.0. The van der Waals surface area contributed by atoms with Crippen molar-refractivity contribution in [3.8, 4) is 33.8 Å². The number of aromatic amines is 1. The fourth-order valence-electron chi connectivity index (χ4n) is 7.37. The van der Waals surface area contributed by atoms with Gasteiger partial charge in [0.25, 0.3) is 0 Å². The average Bonchev–Trinajstić information content (AvgIpc) is 3.98. The van der Waals surface area contributed by atoms with Crippen LogP contribution in [-0.4, -0.2) is 95.4 Å². The largest absolute Gasteiger partial charge is 0.444 e. The number of rotatable bonds is 10. The van der Waals surface area contributed by atoms with E-state index < -0.39 is 19.3 Å². The maximum absolute atomic E-state index is 13.3. The number of nitrogens with zero attached hydrogens (tertiary/aromatic N) is 8. The van der Waals surface area contributed by atoms with Crippen LogP contribution in [0.2, 0.25) is 25.7 Å². The third-order valence-corrected chi connectivity index (χ3v) is 12.0. The van der Waals surface area contributed by atoms with E-state index in [-0.39, 0.29) is 24.3 Å². The zero-order valence-electron chi connectivity index (χ0n) is 35.3. The quantitative estimate of drug-likeness (QED) is 0.107. The van der Waals surface area contributed by atoms with Crippen LogP contribution in [0.25, 0.3) is 44.9 Å². The van der Waals surface area contributed by atoms with Crippen molar-refractivity contribution in [2.45, 2.75) is 123 Å². The summed E-state index contributed by atoms with van der Waals surface area (Å²) in [6.07, 6.45) is 9.94. The molecule has 0 bridgehead atoms. The molecule has 0 radical (unpaired) electrons. The molecule has 2 aliphatic rings. The first-order chi connectivity index (χ1) is 27.4. The number of imidazole rings is 2. The lowest BCUT2D eigenvalue weighted by molar-refractivity contribution is 0.0199. The fourth-order valence-corrected chi connectivity index (χ4v) is 8.13. The summed E-state index contributed by atoms with van der Waals surface area (Å²) in [4.78, 5) is 57.1. The molecule has 2 atom stereocenters. The molecule has 58 heavy (non-hydrogen) atoms. The maximum atomic E-state index is 13.3. The van der Waals surface area contributed by atoms with Gasteiger partial charge in [0, 0.05) is 45.1 Å². The Morgan fingerprint density at radius 2 is 1.41 bits per heavy atom. The van der Waals surface area contributed by atoms with E-state index in [0.29, 0.717) is 43.3 Å². The molecule has 2 aliphatic heterocycles. The van der Waals surface area contributed by atoms with Crippen molar-refractivity contribution in [1.29, 1.82) is 0 Å². The topological polar surface area (TPSA) is 153 Å². The molecule has 1 aromatic carbocycles. The van der Waals surface area contributed by atoms with Crippen LogP contribution in [0.15, 0.2) is 55.1 Å². The van der Waals surface area contributed by atoms with Gasteiger partial charge in [-0.05, 0) is 84.9 Å². The second-order valence-corrected chi connectivity index (χ2v) is 24.1. The summed E-state index contributed by atoms with van der Waals surface area (Å²) in [6.45, 7) is 20.5. The molecule has 308 valence electrons. The van der Waals surface area contributed by atoms with E-state index in [1.807, 2.05) is 84.3 Å². The van der Waals surface area contributed by atoms with Crippen molar-refractivity contribution in [1.82, 2.24) is 44.3 Å². The van der Waals surface area contributed by atoms with Gasteiger partial charge < -0.3 is 23.8 Å². The van der Waals surface area contributed by atoms with Gasteiger partial charge in [0.2, 0.25) is 0 Å². The Labute approximate surface area is 341 Å². The normalized spacial score (nSPS) is 17.7. The van der Waals surface area contributed by atoms with Crippen molar-refractivity contribution in [2.24, 2.45) is 0 Å². The Morgan fingerprint density at radius 3 is 2.07 bits per heavy atom. The van der Waals surface area contributed by atoms with Gasteiger partial charge in [0.15, 0.2) is 5.65 Å². The molecule has 14 nitrogen and oxygen atoms in total. The van der Waals surface area contributed by atoms with Crippen LogP contribution in [0, 0.1) is 0 Å². The number of H-pyrrole nitrogens is 1. The monoisotopic (exact) mass is 807 g/mol. The zero-order valence-corrected chi connectivity index (χ0v) is 36.3. The predicted octanol–water partition coefficient (Wildman–Crippen LogP) is 9.40. The number of nitrogens with one attached hydrogen (secondary N) is 1. The van der Waals surface area contributed by atoms with Crippen LogP contribution in [0.4, 0.5) is 9.59 Å². The Kier molecular flexibility index (Phi) is 11.5. The molecule has 0 aliphatic carbocycles. The van der Waals surface area contributed by atoms with Crippen molar-refractivity contribution < 1.29 is 23.8 Å². The van der Waals surface area contributed by atoms with Gasteiger partial charge in [-0.3, -0.25) is 14.8 Å². The lowest BCUT2D eigenvalue weighted by Crippen LogP contribution is -2.37. The number of hydrogen-bond donors (Lipinski definition) is 1. The molecule has 0 saturated carbocycles. The van der Waals surface area contributed by atoms with E-state index in [0.717, 1.165) is 71.5 Å². The van der Waals surface area contributed by atoms with Crippen LogP contribution in [0.5, 0.6) is 0 Å². The van der Waals surface area contributed by atoms with E-state index in [1.165, 1.54) is 0 Å². The Balaban J connectivity index is 1.10. The lowest BCUT2D eigenvalue weighted by Gasteiger charge is -2.29. The van der Waals surface area contributed by atoms with Crippen LogP contribution in [-0.2, 0) is 20.9 Å². The van der Waals surface area contributed by atoms with Gasteiger partial charge in [0.1, 0.15) is 35.1 Å². The van der Waals surface area contributed by atoms with Crippen LogP contribution < -0.4 is 0 Å². The average molecular weight is 808 g/mol. The fraction of sp³-hybridized carbons (Fsp3) is 0.512. The van der Waals surface area contributed by atoms with Gasteiger partial charge in [-0.15, -0.1) is 0 Å². The first-order valence-electron chi connectivity index (χ1n) is 20.3. The molecule has 0 spiro atoms. The standard InChI is InChI=1S/C43H57N9O5Si/c1-42(2,3)56-40(53)50-18-10-12-34(50)38-46-25-33(49-38)29-16-14-28(15-17-29)32-24-44-31-22-30(23-45-37(31)48-32)36-26-47-39(52(36)27-55-20-21-58(7,8)9)35-13-11-19-51(35)41(54)57-43(4,5)6/h14-17,22-26,34-35H,10-13,18-21,27H2,1-9H3,(H,46,49)/t34-,35-/m0/s1. The summed E-state index contributed by atoms with van der Waals surface area (Å²) < 4.78 is 19.8. The van der Waals surface area contributed by atoms with Gasteiger partial charge in [-0.1, -0.05) is 43.9 Å². The number of hydrogen-bond acceptors (Lipinski definition) is 10. The number of pyridine rings is 1. The maximum Gasteiger partial charge on any atom is 0.410 e.